The van der Waals surface area contributed by atoms with E-state index in [-0.39, 0.29) is 5.75 Å². The standard InChI is InChI=1S/C10H13F2NOS/c1-2-5-13-6-8-3-4-9(14-8)7-15-10(11)12/h2-4,10,13H,1,5-7H2. The third kappa shape index (κ3) is 4.99. The van der Waals surface area contributed by atoms with Gasteiger partial charge in [-0.05, 0) is 12.1 Å². The van der Waals surface area contributed by atoms with Gasteiger partial charge in [0.15, 0.2) is 0 Å². The first-order chi connectivity index (χ1) is 7.22. The second-order valence-corrected chi connectivity index (χ2v) is 3.84. The first-order valence-electron chi connectivity index (χ1n) is 4.51. The van der Waals surface area contributed by atoms with E-state index < -0.39 is 5.76 Å². The van der Waals surface area contributed by atoms with Crippen LogP contribution in [0.1, 0.15) is 11.5 Å². The van der Waals surface area contributed by atoms with Crippen LogP contribution in [0.3, 0.4) is 0 Å². The summed E-state index contributed by atoms with van der Waals surface area (Å²) in [5.41, 5.74) is 0. The first-order valence-corrected chi connectivity index (χ1v) is 5.56. The number of hydrogen-bond donors (Lipinski definition) is 1. The Morgan fingerprint density at radius 2 is 2.20 bits per heavy atom. The molecule has 0 aliphatic carbocycles. The average Bonchev–Trinajstić information content (AvgIpc) is 2.63. The third-order valence-electron chi connectivity index (χ3n) is 1.66. The van der Waals surface area contributed by atoms with Gasteiger partial charge < -0.3 is 9.73 Å². The quantitative estimate of drug-likeness (QED) is 0.579. The van der Waals surface area contributed by atoms with E-state index in [9.17, 15) is 8.78 Å². The van der Waals surface area contributed by atoms with Crippen molar-refractivity contribution in [3.8, 4) is 0 Å². The van der Waals surface area contributed by atoms with Crippen LogP contribution in [-0.4, -0.2) is 12.3 Å². The molecule has 0 aliphatic heterocycles. The van der Waals surface area contributed by atoms with Crippen molar-refractivity contribution in [1.29, 1.82) is 0 Å². The second-order valence-electron chi connectivity index (χ2n) is 2.86. The molecule has 1 aromatic heterocycles. The van der Waals surface area contributed by atoms with E-state index >= 15 is 0 Å². The third-order valence-corrected chi connectivity index (χ3v) is 2.36. The summed E-state index contributed by atoms with van der Waals surface area (Å²) in [6.45, 7) is 4.85. The van der Waals surface area contributed by atoms with E-state index in [0.29, 0.717) is 30.6 Å². The van der Waals surface area contributed by atoms with Gasteiger partial charge in [0, 0.05) is 6.54 Å². The Morgan fingerprint density at radius 3 is 2.87 bits per heavy atom. The number of hydrogen-bond acceptors (Lipinski definition) is 3. The Kier molecular flexibility index (Phi) is 5.42. The van der Waals surface area contributed by atoms with Crippen molar-refractivity contribution in [1.82, 2.24) is 5.32 Å². The molecule has 0 spiro atoms. The Bertz CT molecular complexity index is 301. The molecule has 1 heterocycles. The lowest BCUT2D eigenvalue weighted by Crippen LogP contribution is -2.11. The average molecular weight is 233 g/mol. The Hall–Kier alpha value is -0.810. The first kappa shape index (κ1) is 12.3. The zero-order valence-electron chi connectivity index (χ0n) is 8.21. The number of alkyl halides is 2. The molecule has 0 aromatic carbocycles. The van der Waals surface area contributed by atoms with E-state index in [0.717, 1.165) is 5.76 Å². The molecule has 0 radical (unpaired) electrons. The maximum Gasteiger partial charge on any atom is 0.284 e. The summed E-state index contributed by atoms with van der Waals surface area (Å²) in [5, 5.41) is 3.06. The minimum Gasteiger partial charge on any atom is -0.464 e. The summed E-state index contributed by atoms with van der Waals surface area (Å²) in [7, 11) is 0. The van der Waals surface area contributed by atoms with Gasteiger partial charge in [0.25, 0.3) is 5.76 Å². The maximum atomic E-state index is 11.9. The molecule has 0 unspecified atom stereocenters. The Balaban J connectivity index is 2.32. The van der Waals surface area contributed by atoms with Gasteiger partial charge in [-0.2, -0.15) is 8.78 Å². The molecule has 0 aliphatic rings. The minimum absolute atomic E-state index is 0.207. The van der Waals surface area contributed by atoms with Crippen molar-refractivity contribution >= 4 is 11.8 Å². The number of halogens is 2. The highest BCUT2D eigenvalue weighted by molar-refractivity contribution is 7.98. The highest BCUT2D eigenvalue weighted by Gasteiger charge is 2.06. The summed E-state index contributed by atoms with van der Waals surface area (Å²) in [4.78, 5) is 0. The molecular formula is C10H13F2NOS. The number of rotatable bonds is 7. The fraction of sp³-hybridized carbons (Fsp3) is 0.400. The van der Waals surface area contributed by atoms with Crippen molar-refractivity contribution in [3.63, 3.8) is 0 Å². The molecule has 1 rings (SSSR count). The van der Waals surface area contributed by atoms with Gasteiger partial charge in [-0.3, -0.25) is 0 Å². The molecule has 0 atom stereocenters. The molecular weight excluding hydrogens is 220 g/mol. The summed E-state index contributed by atoms with van der Waals surface area (Å²) in [5.74, 6) is -0.811. The highest BCUT2D eigenvalue weighted by atomic mass is 32.2. The maximum absolute atomic E-state index is 11.9. The Morgan fingerprint density at radius 1 is 1.47 bits per heavy atom. The van der Waals surface area contributed by atoms with Gasteiger partial charge in [0.2, 0.25) is 0 Å². The second kappa shape index (κ2) is 6.63. The zero-order valence-corrected chi connectivity index (χ0v) is 9.03. The lowest BCUT2D eigenvalue weighted by Gasteiger charge is -1.98. The summed E-state index contributed by atoms with van der Waals surface area (Å²) in [6, 6.07) is 3.51. The fourth-order valence-electron chi connectivity index (χ4n) is 1.04. The summed E-state index contributed by atoms with van der Waals surface area (Å²) < 4.78 is 29.1. The SMILES string of the molecule is C=CCNCc1ccc(CSC(F)F)o1. The lowest BCUT2D eigenvalue weighted by molar-refractivity contribution is 0.251. The molecule has 2 nitrogen and oxygen atoms in total. The molecule has 0 saturated heterocycles. The van der Waals surface area contributed by atoms with Crippen LogP contribution in [0, 0.1) is 0 Å². The van der Waals surface area contributed by atoms with Crippen LogP contribution < -0.4 is 5.32 Å². The largest absolute Gasteiger partial charge is 0.464 e. The van der Waals surface area contributed by atoms with Crippen molar-refractivity contribution in [2.24, 2.45) is 0 Å². The van der Waals surface area contributed by atoms with E-state index in [2.05, 4.69) is 11.9 Å². The van der Waals surface area contributed by atoms with Gasteiger partial charge in [0.1, 0.15) is 11.5 Å². The van der Waals surface area contributed by atoms with Crippen LogP contribution in [0.4, 0.5) is 8.78 Å². The molecule has 0 fully saturated rings. The van der Waals surface area contributed by atoms with Crippen molar-refractivity contribution in [3.05, 3.63) is 36.3 Å². The van der Waals surface area contributed by atoms with Gasteiger partial charge in [0.05, 0.1) is 12.3 Å². The van der Waals surface area contributed by atoms with Crippen LogP contribution in [0.2, 0.25) is 0 Å². The van der Waals surface area contributed by atoms with E-state index in [4.69, 9.17) is 4.42 Å². The minimum atomic E-state index is -2.35. The van der Waals surface area contributed by atoms with Crippen LogP contribution in [0.5, 0.6) is 0 Å². The van der Waals surface area contributed by atoms with Crippen LogP contribution >= 0.6 is 11.8 Å². The molecule has 84 valence electrons. The molecule has 5 heteroatoms. The predicted octanol–water partition coefficient (Wildman–Crippen LogP) is 3.01. The van der Waals surface area contributed by atoms with E-state index in [1.54, 1.807) is 18.2 Å². The van der Waals surface area contributed by atoms with E-state index in [1.807, 2.05) is 0 Å². The number of furan rings is 1. The number of thioether (sulfide) groups is 1. The number of nitrogens with one attached hydrogen (secondary N) is 1. The molecule has 15 heavy (non-hydrogen) atoms. The highest BCUT2D eigenvalue weighted by Crippen LogP contribution is 2.21. The van der Waals surface area contributed by atoms with Gasteiger partial charge in [-0.15, -0.1) is 6.58 Å². The van der Waals surface area contributed by atoms with E-state index in [1.165, 1.54) is 0 Å². The summed E-state index contributed by atoms with van der Waals surface area (Å²) in [6.07, 6.45) is 1.75. The van der Waals surface area contributed by atoms with Crippen LogP contribution in [0.25, 0.3) is 0 Å². The van der Waals surface area contributed by atoms with Crippen molar-refractivity contribution < 1.29 is 13.2 Å². The van der Waals surface area contributed by atoms with Crippen LogP contribution in [0.15, 0.2) is 29.2 Å². The Labute approximate surface area is 91.7 Å². The van der Waals surface area contributed by atoms with Crippen LogP contribution in [-0.2, 0) is 12.3 Å². The molecule has 0 bridgehead atoms. The van der Waals surface area contributed by atoms with Gasteiger partial charge in [-0.25, -0.2) is 0 Å². The monoisotopic (exact) mass is 233 g/mol. The summed E-state index contributed by atoms with van der Waals surface area (Å²) >= 11 is 0.562. The van der Waals surface area contributed by atoms with Crippen molar-refractivity contribution in [2.75, 3.05) is 6.54 Å². The topological polar surface area (TPSA) is 25.2 Å². The molecule has 0 amide bonds. The zero-order chi connectivity index (χ0) is 11.1. The smallest absolute Gasteiger partial charge is 0.284 e. The van der Waals surface area contributed by atoms with Gasteiger partial charge in [-0.1, -0.05) is 17.8 Å². The molecule has 1 aromatic rings. The van der Waals surface area contributed by atoms with Crippen molar-refractivity contribution in [2.45, 2.75) is 18.1 Å². The predicted molar refractivity (Wildman–Crippen MR) is 57.9 cm³/mol. The normalized spacial score (nSPS) is 10.9. The molecule has 1 N–H and O–H groups in total. The lowest BCUT2D eigenvalue weighted by atomic mass is 10.4. The fourth-order valence-corrected chi connectivity index (χ4v) is 1.48. The molecule has 0 saturated carbocycles. The van der Waals surface area contributed by atoms with Gasteiger partial charge >= 0.3 is 0 Å².